The number of rotatable bonds is 7. The van der Waals surface area contributed by atoms with E-state index in [0.29, 0.717) is 5.69 Å². The van der Waals surface area contributed by atoms with Gasteiger partial charge in [-0.1, -0.05) is 66.7 Å². The minimum atomic E-state index is -3.97. The maximum Gasteiger partial charge on any atom is 0.270 e. The largest absolute Gasteiger partial charge is 0.270 e. The van der Waals surface area contributed by atoms with Crippen LogP contribution in [0.25, 0.3) is 11.0 Å². The Balaban J connectivity index is 1.47. The fraction of sp³-hybridized carbons (Fsp3) is 0.0370. The Bertz CT molecular complexity index is 1580. The van der Waals surface area contributed by atoms with E-state index in [1.165, 1.54) is 27.4 Å². The summed E-state index contributed by atoms with van der Waals surface area (Å²) in [6.45, 7) is 0.157. The number of nitrogens with one attached hydrogen (secondary N) is 1. The van der Waals surface area contributed by atoms with E-state index in [2.05, 4.69) is 10.4 Å². The van der Waals surface area contributed by atoms with Gasteiger partial charge in [0.25, 0.3) is 15.9 Å². The second kappa shape index (κ2) is 9.44. The van der Waals surface area contributed by atoms with Crippen LogP contribution in [0.5, 0.6) is 0 Å². The smallest absolute Gasteiger partial charge is 0.267 e. The lowest BCUT2D eigenvalue weighted by Gasteiger charge is -2.25. The van der Waals surface area contributed by atoms with E-state index in [1.54, 1.807) is 36.4 Å². The molecule has 1 heterocycles. The normalized spacial score (nSPS) is 11.3. The quantitative estimate of drug-likeness (QED) is 0.361. The molecule has 0 radical (unpaired) electrons. The molecule has 4 aromatic carbocycles. The molecular weight excluding hydrogens is 460 g/mol. The predicted octanol–water partition coefficient (Wildman–Crippen LogP) is 4.82. The van der Waals surface area contributed by atoms with Crippen LogP contribution in [0.1, 0.15) is 15.9 Å². The van der Waals surface area contributed by atoms with Gasteiger partial charge < -0.3 is 0 Å². The first-order chi connectivity index (χ1) is 17.0. The zero-order chi connectivity index (χ0) is 24.3. The first-order valence-electron chi connectivity index (χ1n) is 11.0. The van der Waals surface area contributed by atoms with Crippen molar-refractivity contribution < 1.29 is 13.2 Å². The van der Waals surface area contributed by atoms with E-state index in [0.717, 1.165) is 16.6 Å². The summed E-state index contributed by atoms with van der Waals surface area (Å²) in [4.78, 5) is 17.3. The third kappa shape index (κ3) is 4.64. The Kier molecular flexibility index (Phi) is 6.03. The average Bonchev–Trinajstić information content (AvgIpc) is 3.31. The second-order valence-electron chi connectivity index (χ2n) is 7.90. The van der Waals surface area contributed by atoms with Gasteiger partial charge >= 0.3 is 0 Å². The van der Waals surface area contributed by atoms with E-state index < -0.39 is 15.9 Å². The maximum absolute atomic E-state index is 13.8. The highest BCUT2D eigenvalue weighted by atomic mass is 32.2. The van der Waals surface area contributed by atoms with Crippen LogP contribution in [0, 0.1) is 0 Å². The summed E-state index contributed by atoms with van der Waals surface area (Å²) < 4.78 is 30.4. The molecule has 0 saturated heterocycles. The SMILES string of the molecule is O=C(Nn1cnc2ccccc21)c1cccc(S(=O)(=O)N(Cc2ccccc2)c2ccccc2)c1. The summed E-state index contributed by atoms with van der Waals surface area (Å²) in [5.74, 6) is -0.445. The number of hydrogen-bond acceptors (Lipinski definition) is 4. The summed E-state index contributed by atoms with van der Waals surface area (Å²) in [6, 6.07) is 31.8. The predicted molar refractivity (Wildman–Crippen MR) is 136 cm³/mol. The van der Waals surface area contributed by atoms with Gasteiger partial charge in [-0.2, -0.15) is 0 Å². The first-order valence-corrected chi connectivity index (χ1v) is 12.4. The van der Waals surface area contributed by atoms with E-state index in [-0.39, 0.29) is 17.0 Å². The third-order valence-electron chi connectivity index (χ3n) is 5.57. The first kappa shape index (κ1) is 22.4. The molecular formula is C27H22N4O3S. The van der Waals surface area contributed by atoms with Crippen LogP contribution < -0.4 is 9.73 Å². The van der Waals surface area contributed by atoms with Crippen molar-refractivity contribution >= 4 is 32.7 Å². The second-order valence-corrected chi connectivity index (χ2v) is 9.77. The fourth-order valence-corrected chi connectivity index (χ4v) is 5.30. The molecule has 0 bridgehead atoms. The standard InChI is InChI=1S/C27H22N4O3S/c32-27(29-30-20-28-25-16-7-8-17-26(25)30)22-12-9-15-24(18-22)35(33,34)31(23-13-5-2-6-14-23)19-21-10-3-1-4-11-21/h1-18,20H,19H2,(H,29,32). The molecule has 8 heteroatoms. The van der Waals surface area contributed by atoms with Crippen LogP contribution in [0.2, 0.25) is 0 Å². The highest BCUT2D eigenvalue weighted by Crippen LogP contribution is 2.26. The molecule has 0 saturated carbocycles. The summed E-state index contributed by atoms with van der Waals surface area (Å²) in [5, 5.41) is 0. The molecule has 1 N–H and O–H groups in total. The van der Waals surface area contributed by atoms with Crippen molar-refractivity contribution in [3.63, 3.8) is 0 Å². The summed E-state index contributed by atoms with van der Waals surface area (Å²) in [5.41, 5.74) is 5.85. The Morgan fingerprint density at radius 2 is 1.51 bits per heavy atom. The van der Waals surface area contributed by atoms with Crippen LogP contribution in [0.3, 0.4) is 0 Å². The fourth-order valence-electron chi connectivity index (χ4n) is 3.81. The highest BCUT2D eigenvalue weighted by molar-refractivity contribution is 7.92. The van der Waals surface area contributed by atoms with Crippen molar-refractivity contribution in [3.8, 4) is 0 Å². The third-order valence-corrected chi connectivity index (χ3v) is 7.34. The molecule has 0 atom stereocenters. The van der Waals surface area contributed by atoms with E-state index >= 15 is 0 Å². The molecule has 0 spiro atoms. The summed E-state index contributed by atoms with van der Waals surface area (Å²) in [7, 11) is -3.97. The van der Waals surface area contributed by atoms with Crippen LogP contribution in [-0.4, -0.2) is 24.0 Å². The van der Waals surface area contributed by atoms with Crippen molar-refractivity contribution in [2.45, 2.75) is 11.4 Å². The van der Waals surface area contributed by atoms with E-state index in [9.17, 15) is 13.2 Å². The number of imidazole rings is 1. The minimum absolute atomic E-state index is 0.0282. The number of fused-ring (bicyclic) bond motifs is 1. The molecule has 0 aliphatic heterocycles. The molecule has 1 amide bonds. The van der Waals surface area contributed by atoms with Crippen molar-refractivity contribution in [2.24, 2.45) is 0 Å². The number of amides is 1. The monoisotopic (exact) mass is 482 g/mol. The number of benzene rings is 4. The van der Waals surface area contributed by atoms with Crippen molar-refractivity contribution in [1.82, 2.24) is 9.66 Å². The number of carbonyl (C=O) groups is 1. The van der Waals surface area contributed by atoms with Crippen LogP contribution in [0.15, 0.2) is 120 Å². The molecule has 7 nitrogen and oxygen atoms in total. The van der Waals surface area contributed by atoms with Crippen LogP contribution >= 0.6 is 0 Å². The molecule has 0 aliphatic carbocycles. The summed E-state index contributed by atoms with van der Waals surface area (Å²) in [6.07, 6.45) is 1.51. The molecule has 174 valence electrons. The maximum atomic E-state index is 13.8. The number of aromatic nitrogens is 2. The molecule has 5 aromatic rings. The lowest BCUT2D eigenvalue weighted by Crippen LogP contribution is -2.31. The number of anilines is 1. The van der Waals surface area contributed by atoms with Crippen LogP contribution in [0.4, 0.5) is 5.69 Å². The summed E-state index contributed by atoms with van der Waals surface area (Å²) >= 11 is 0. The number of nitrogens with zero attached hydrogens (tertiary/aromatic N) is 3. The Morgan fingerprint density at radius 1 is 0.829 bits per heavy atom. The van der Waals surface area contributed by atoms with Gasteiger partial charge in [-0.15, -0.1) is 0 Å². The zero-order valence-electron chi connectivity index (χ0n) is 18.7. The van der Waals surface area contributed by atoms with Gasteiger partial charge in [0, 0.05) is 5.56 Å². The Hall–Kier alpha value is -4.43. The average molecular weight is 483 g/mol. The highest BCUT2D eigenvalue weighted by Gasteiger charge is 2.26. The lowest BCUT2D eigenvalue weighted by molar-refractivity contribution is 0.101. The van der Waals surface area contributed by atoms with Gasteiger partial charge in [0.1, 0.15) is 6.33 Å². The van der Waals surface area contributed by atoms with Crippen LogP contribution in [-0.2, 0) is 16.6 Å². The molecule has 35 heavy (non-hydrogen) atoms. The van der Waals surface area contributed by atoms with Gasteiger partial charge in [-0.05, 0) is 48.0 Å². The molecule has 5 rings (SSSR count). The van der Waals surface area contributed by atoms with Gasteiger partial charge in [0.05, 0.1) is 28.2 Å². The molecule has 1 aromatic heterocycles. The van der Waals surface area contributed by atoms with E-state index in [1.807, 2.05) is 60.7 Å². The van der Waals surface area contributed by atoms with Gasteiger partial charge in [0.2, 0.25) is 0 Å². The zero-order valence-corrected chi connectivity index (χ0v) is 19.5. The van der Waals surface area contributed by atoms with Gasteiger partial charge in [-0.3, -0.25) is 14.5 Å². The van der Waals surface area contributed by atoms with Gasteiger partial charge in [0.15, 0.2) is 0 Å². The number of hydrogen-bond donors (Lipinski definition) is 1. The van der Waals surface area contributed by atoms with Crippen molar-refractivity contribution in [3.05, 3.63) is 127 Å². The van der Waals surface area contributed by atoms with Crippen molar-refractivity contribution in [2.75, 3.05) is 9.73 Å². The molecule has 0 unspecified atom stereocenters. The molecule has 0 fully saturated rings. The Morgan fingerprint density at radius 3 is 2.29 bits per heavy atom. The van der Waals surface area contributed by atoms with Gasteiger partial charge in [-0.25, -0.2) is 18.1 Å². The number of para-hydroxylation sites is 3. The topological polar surface area (TPSA) is 84.3 Å². The van der Waals surface area contributed by atoms with Crippen molar-refractivity contribution in [1.29, 1.82) is 0 Å². The number of sulfonamides is 1. The minimum Gasteiger partial charge on any atom is -0.267 e. The Labute approximate surface area is 203 Å². The number of carbonyl (C=O) groups excluding carboxylic acids is 1. The molecule has 0 aliphatic rings. The lowest BCUT2D eigenvalue weighted by atomic mass is 10.2. The van der Waals surface area contributed by atoms with E-state index in [4.69, 9.17) is 0 Å².